The molecule has 0 heterocycles. The first-order chi connectivity index (χ1) is 8.43. The van der Waals surface area contributed by atoms with Crippen LogP contribution in [0.5, 0.6) is 0 Å². The maximum Gasteiger partial charge on any atom is 0.236 e. The van der Waals surface area contributed by atoms with E-state index in [9.17, 15) is 4.79 Å². The maximum absolute atomic E-state index is 11.7. The second-order valence-corrected chi connectivity index (χ2v) is 5.38. The highest BCUT2D eigenvalue weighted by Gasteiger charge is 2.20. The second-order valence-electron chi connectivity index (χ2n) is 5.38. The quantitative estimate of drug-likeness (QED) is 0.501. The van der Waals surface area contributed by atoms with Crippen LogP contribution in [0.2, 0.25) is 0 Å². The van der Waals surface area contributed by atoms with Crippen LogP contribution >= 0.6 is 0 Å². The van der Waals surface area contributed by atoms with Gasteiger partial charge in [-0.1, -0.05) is 13.8 Å². The minimum atomic E-state index is -0.213. The van der Waals surface area contributed by atoms with Crippen LogP contribution < -0.4 is 10.6 Å². The molecule has 1 atom stereocenters. The normalized spacial score (nSPS) is 13.4. The van der Waals surface area contributed by atoms with Gasteiger partial charge in [0.2, 0.25) is 5.91 Å². The van der Waals surface area contributed by atoms with Crippen LogP contribution in [0.15, 0.2) is 0 Å². The molecule has 0 aliphatic rings. The van der Waals surface area contributed by atoms with Crippen LogP contribution in [-0.4, -0.2) is 50.5 Å². The molecule has 18 heavy (non-hydrogen) atoms. The summed E-state index contributed by atoms with van der Waals surface area (Å²) in [5, 5.41) is 14.8. The number of ether oxygens (including phenoxy) is 1. The number of carbonyl (C=O) groups is 1. The molecule has 1 amide bonds. The molecule has 0 aliphatic carbocycles. The highest BCUT2D eigenvalue weighted by Crippen LogP contribution is 2.20. The largest absolute Gasteiger partial charge is 0.396 e. The maximum atomic E-state index is 11.7. The van der Waals surface area contributed by atoms with Crippen molar-refractivity contribution < 1.29 is 14.6 Å². The Bertz CT molecular complexity index is 232. The molecule has 5 heteroatoms. The van der Waals surface area contributed by atoms with E-state index in [2.05, 4.69) is 24.5 Å². The lowest BCUT2D eigenvalue weighted by Gasteiger charge is -2.26. The lowest BCUT2D eigenvalue weighted by Crippen LogP contribution is -2.46. The molecule has 1 unspecified atom stereocenters. The fraction of sp³-hybridized carbons (Fsp3) is 0.923. The molecule has 0 aliphatic heterocycles. The van der Waals surface area contributed by atoms with Gasteiger partial charge >= 0.3 is 0 Å². The SMILES string of the molecule is COCCNC(=O)C(C)NCC(C)(C)CCCO. The molecule has 0 saturated carbocycles. The molecule has 0 rings (SSSR count). The van der Waals surface area contributed by atoms with Crippen molar-refractivity contribution >= 4 is 5.91 Å². The van der Waals surface area contributed by atoms with Gasteiger partial charge in [-0.05, 0) is 25.2 Å². The molecule has 108 valence electrons. The minimum absolute atomic E-state index is 0.00925. The Morgan fingerprint density at radius 2 is 2.11 bits per heavy atom. The van der Waals surface area contributed by atoms with Crippen LogP contribution in [0.25, 0.3) is 0 Å². The summed E-state index contributed by atoms with van der Waals surface area (Å²) in [5.74, 6) is -0.00925. The molecule has 0 saturated heterocycles. The highest BCUT2D eigenvalue weighted by molar-refractivity contribution is 5.81. The van der Waals surface area contributed by atoms with Crippen LogP contribution in [0.3, 0.4) is 0 Å². The Balaban J connectivity index is 3.86. The van der Waals surface area contributed by atoms with Crippen molar-refractivity contribution in [2.45, 2.75) is 39.7 Å². The number of aliphatic hydroxyl groups is 1. The molecule has 3 N–H and O–H groups in total. The number of nitrogens with one attached hydrogen (secondary N) is 2. The molecule has 0 aromatic carbocycles. The Morgan fingerprint density at radius 3 is 2.67 bits per heavy atom. The number of carbonyl (C=O) groups excluding carboxylic acids is 1. The molecule has 0 aromatic heterocycles. The molecular formula is C13H28N2O3. The summed E-state index contributed by atoms with van der Waals surface area (Å²) in [6.45, 7) is 8.15. The lowest BCUT2D eigenvalue weighted by molar-refractivity contribution is -0.123. The highest BCUT2D eigenvalue weighted by atomic mass is 16.5. The van der Waals surface area contributed by atoms with Gasteiger partial charge in [0.15, 0.2) is 0 Å². The zero-order valence-electron chi connectivity index (χ0n) is 12.1. The van der Waals surface area contributed by atoms with Gasteiger partial charge in [-0.25, -0.2) is 0 Å². The molecule has 0 spiro atoms. The van der Waals surface area contributed by atoms with E-state index in [0.29, 0.717) is 13.2 Å². The third kappa shape index (κ3) is 8.44. The van der Waals surface area contributed by atoms with Crippen molar-refractivity contribution in [1.82, 2.24) is 10.6 Å². The topological polar surface area (TPSA) is 70.6 Å². The standard InChI is InChI=1S/C13H28N2O3/c1-11(12(17)14-7-9-18-4)15-10-13(2,3)6-5-8-16/h11,15-16H,5-10H2,1-4H3,(H,14,17). The molecule has 0 bridgehead atoms. The number of hydrogen-bond acceptors (Lipinski definition) is 4. The van der Waals surface area contributed by atoms with Gasteiger partial charge in [0, 0.05) is 26.8 Å². The molecule has 0 radical (unpaired) electrons. The predicted molar refractivity (Wildman–Crippen MR) is 72.5 cm³/mol. The number of aliphatic hydroxyl groups excluding tert-OH is 1. The van der Waals surface area contributed by atoms with E-state index in [-0.39, 0.29) is 24.0 Å². The van der Waals surface area contributed by atoms with Gasteiger partial charge in [0.05, 0.1) is 12.6 Å². The monoisotopic (exact) mass is 260 g/mol. The van der Waals surface area contributed by atoms with E-state index >= 15 is 0 Å². The Morgan fingerprint density at radius 1 is 1.44 bits per heavy atom. The van der Waals surface area contributed by atoms with Crippen LogP contribution in [0, 0.1) is 5.41 Å². The van der Waals surface area contributed by atoms with Gasteiger partial charge in [0.1, 0.15) is 0 Å². The number of methoxy groups -OCH3 is 1. The first-order valence-electron chi connectivity index (χ1n) is 6.54. The fourth-order valence-electron chi connectivity index (χ4n) is 1.60. The van der Waals surface area contributed by atoms with Gasteiger partial charge in [-0.2, -0.15) is 0 Å². The van der Waals surface area contributed by atoms with Crippen molar-refractivity contribution in [2.75, 3.05) is 33.4 Å². The number of rotatable bonds is 10. The summed E-state index contributed by atoms with van der Waals surface area (Å²) in [7, 11) is 1.61. The van der Waals surface area contributed by atoms with E-state index in [0.717, 1.165) is 19.4 Å². The average Bonchev–Trinajstić information content (AvgIpc) is 2.34. The second kappa shape index (κ2) is 9.30. The fourth-order valence-corrected chi connectivity index (χ4v) is 1.60. The van der Waals surface area contributed by atoms with E-state index in [1.807, 2.05) is 6.92 Å². The zero-order chi connectivity index (χ0) is 14.0. The Labute approximate surface area is 110 Å². The summed E-state index contributed by atoms with van der Waals surface area (Å²) in [4.78, 5) is 11.7. The van der Waals surface area contributed by atoms with E-state index in [1.165, 1.54) is 0 Å². The van der Waals surface area contributed by atoms with Gasteiger partial charge in [-0.15, -0.1) is 0 Å². The van der Waals surface area contributed by atoms with E-state index in [4.69, 9.17) is 9.84 Å². The number of amides is 1. The smallest absolute Gasteiger partial charge is 0.236 e. The summed E-state index contributed by atoms with van der Waals surface area (Å²) in [6.07, 6.45) is 1.73. The molecule has 0 fully saturated rings. The van der Waals surface area contributed by atoms with Crippen molar-refractivity contribution in [3.63, 3.8) is 0 Å². The van der Waals surface area contributed by atoms with Gasteiger partial charge in [-0.3, -0.25) is 4.79 Å². The van der Waals surface area contributed by atoms with Crippen molar-refractivity contribution in [3.8, 4) is 0 Å². The summed E-state index contributed by atoms with van der Waals surface area (Å²) in [6, 6.07) is -0.213. The lowest BCUT2D eigenvalue weighted by atomic mass is 9.87. The van der Waals surface area contributed by atoms with Gasteiger partial charge < -0.3 is 20.5 Å². The minimum Gasteiger partial charge on any atom is -0.396 e. The molecule has 0 aromatic rings. The van der Waals surface area contributed by atoms with Crippen LogP contribution in [-0.2, 0) is 9.53 Å². The molecular weight excluding hydrogens is 232 g/mol. The Kier molecular flexibility index (Phi) is 8.97. The Hall–Kier alpha value is -0.650. The first-order valence-corrected chi connectivity index (χ1v) is 6.54. The van der Waals surface area contributed by atoms with Crippen molar-refractivity contribution in [1.29, 1.82) is 0 Å². The van der Waals surface area contributed by atoms with Crippen molar-refractivity contribution in [3.05, 3.63) is 0 Å². The number of hydrogen-bond donors (Lipinski definition) is 3. The third-order valence-corrected chi connectivity index (χ3v) is 2.90. The zero-order valence-corrected chi connectivity index (χ0v) is 12.1. The third-order valence-electron chi connectivity index (χ3n) is 2.90. The average molecular weight is 260 g/mol. The van der Waals surface area contributed by atoms with Gasteiger partial charge in [0.25, 0.3) is 0 Å². The predicted octanol–water partition coefficient (Wildman–Crippen LogP) is 0.526. The molecule has 5 nitrogen and oxygen atoms in total. The first kappa shape index (κ1) is 17.4. The summed E-state index contributed by atoms with van der Waals surface area (Å²) in [5.41, 5.74) is 0.0871. The summed E-state index contributed by atoms with van der Waals surface area (Å²) < 4.78 is 4.87. The van der Waals surface area contributed by atoms with Crippen LogP contribution in [0.1, 0.15) is 33.6 Å². The van der Waals surface area contributed by atoms with Crippen LogP contribution in [0.4, 0.5) is 0 Å². The summed E-state index contributed by atoms with van der Waals surface area (Å²) >= 11 is 0. The van der Waals surface area contributed by atoms with E-state index in [1.54, 1.807) is 7.11 Å². The van der Waals surface area contributed by atoms with Crippen molar-refractivity contribution in [2.24, 2.45) is 5.41 Å². The van der Waals surface area contributed by atoms with E-state index < -0.39 is 0 Å².